The lowest BCUT2D eigenvalue weighted by Crippen LogP contribution is -2.50. The lowest BCUT2D eigenvalue weighted by Gasteiger charge is -2.32. The molecule has 0 aromatic carbocycles. The van der Waals surface area contributed by atoms with E-state index in [0.29, 0.717) is 19.4 Å². The average Bonchev–Trinajstić information content (AvgIpc) is 2.75. The maximum Gasteiger partial charge on any atom is 0.326 e. The van der Waals surface area contributed by atoms with Crippen LogP contribution in [0, 0.1) is 5.41 Å². The van der Waals surface area contributed by atoms with Crippen LogP contribution in [0.2, 0.25) is 0 Å². The van der Waals surface area contributed by atoms with Gasteiger partial charge < -0.3 is 15.7 Å². The number of nitrogens with two attached hydrogens (primary N) is 1. The molecule has 16 heavy (non-hydrogen) atoms. The summed E-state index contributed by atoms with van der Waals surface area (Å²) in [6, 6.07) is -0.662. The standard InChI is InChI=1S/C11H20N2O3/c1-3-11(2,7-12)10(16)13-6-4-5-8(13)9(14)15/h8H,3-7,12H2,1-2H3,(H,14,15)/t8-,11?/m1/s1. The Morgan fingerprint density at radius 1 is 1.56 bits per heavy atom. The Labute approximate surface area is 95.6 Å². The summed E-state index contributed by atoms with van der Waals surface area (Å²) in [5.41, 5.74) is 4.99. The number of hydrogen-bond acceptors (Lipinski definition) is 3. The van der Waals surface area contributed by atoms with Crippen molar-refractivity contribution < 1.29 is 14.7 Å². The molecule has 2 atom stereocenters. The number of hydrogen-bond donors (Lipinski definition) is 2. The van der Waals surface area contributed by atoms with Gasteiger partial charge >= 0.3 is 5.97 Å². The monoisotopic (exact) mass is 228 g/mol. The van der Waals surface area contributed by atoms with Crippen LogP contribution in [0.1, 0.15) is 33.1 Å². The number of carbonyl (C=O) groups is 2. The third kappa shape index (κ3) is 2.19. The molecule has 1 heterocycles. The van der Waals surface area contributed by atoms with E-state index in [1.807, 2.05) is 6.92 Å². The molecule has 92 valence electrons. The number of aliphatic carboxylic acids is 1. The summed E-state index contributed by atoms with van der Waals surface area (Å²) in [4.78, 5) is 24.7. The highest BCUT2D eigenvalue weighted by Crippen LogP contribution is 2.28. The van der Waals surface area contributed by atoms with Crippen LogP contribution in [0.25, 0.3) is 0 Å². The van der Waals surface area contributed by atoms with Crippen molar-refractivity contribution in [2.45, 2.75) is 39.2 Å². The molecule has 5 nitrogen and oxygen atoms in total. The van der Waals surface area contributed by atoms with Crippen molar-refractivity contribution in [2.24, 2.45) is 11.1 Å². The minimum absolute atomic E-state index is 0.123. The largest absolute Gasteiger partial charge is 0.480 e. The highest BCUT2D eigenvalue weighted by Gasteiger charge is 2.41. The third-order valence-corrected chi connectivity index (χ3v) is 3.55. The molecule has 1 fully saturated rings. The Balaban J connectivity index is 2.84. The SMILES string of the molecule is CCC(C)(CN)C(=O)N1CCC[C@@H]1C(=O)O. The summed E-state index contributed by atoms with van der Waals surface area (Å²) in [6.07, 6.45) is 1.93. The zero-order chi connectivity index (χ0) is 12.3. The maximum absolute atomic E-state index is 12.2. The van der Waals surface area contributed by atoms with E-state index in [-0.39, 0.29) is 12.5 Å². The first-order valence-electron chi connectivity index (χ1n) is 5.70. The zero-order valence-corrected chi connectivity index (χ0v) is 9.90. The highest BCUT2D eigenvalue weighted by atomic mass is 16.4. The molecule has 0 radical (unpaired) electrons. The summed E-state index contributed by atoms with van der Waals surface area (Å²) in [7, 11) is 0. The van der Waals surface area contributed by atoms with Gasteiger partial charge in [0.15, 0.2) is 0 Å². The summed E-state index contributed by atoms with van der Waals surface area (Å²) < 4.78 is 0. The van der Waals surface area contributed by atoms with Gasteiger partial charge in [0.05, 0.1) is 5.41 Å². The predicted octanol–water partition coefficient (Wildman–Crippen LogP) is 0.437. The summed E-state index contributed by atoms with van der Waals surface area (Å²) in [5, 5.41) is 9.02. The van der Waals surface area contributed by atoms with Crippen LogP contribution in [-0.4, -0.2) is 41.0 Å². The van der Waals surface area contributed by atoms with Crippen LogP contribution in [0.4, 0.5) is 0 Å². The number of rotatable bonds is 4. The molecule has 1 aliphatic heterocycles. The molecule has 0 spiro atoms. The minimum Gasteiger partial charge on any atom is -0.480 e. The van der Waals surface area contributed by atoms with E-state index >= 15 is 0 Å². The molecular formula is C11H20N2O3. The van der Waals surface area contributed by atoms with E-state index < -0.39 is 17.4 Å². The molecule has 0 aromatic heterocycles. The Hall–Kier alpha value is -1.10. The first kappa shape index (κ1) is 13.0. The topological polar surface area (TPSA) is 83.6 Å². The second-order valence-electron chi connectivity index (χ2n) is 4.61. The van der Waals surface area contributed by atoms with Crippen molar-refractivity contribution in [3.8, 4) is 0 Å². The Morgan fingerprint density at radius 2 is 2.19 bits per heavy atom. The number of likely N-dealkylation sites (tertiary alicyclic amines) is 1. The quantitative estimate of drug-likeness (QED) is 0.731. The third-order valence-electron chi connectivity index (χ3n) is 3.55. The van der Waals surface area contributed by atoms with Gasteiger partial charge in [-0.1, -0.05) is 6.92 Å². The van der Waals surface area contributed by atoms with Crippen molar-refractivity contribution in [2.75, 3.05) is 13.1 Å². The fourth-order valence-corrected chi connectivity index (χ4v) is 2.00. The van der Waals surface area contributed by atoms with Gasteiger partial charge in [-0.2, -0.15) is 0 Å². The fraction of sp³-hybridized carbons (Fsp3) is 0.818. The van der Waals surface area contributed by atoms with E-state index in [1.165, 1.54) is 4.90 Å². The van der Waals surface area contributed by atoms with E-state index in [1.54, 1.807) is 6.92 Å². The number of nitrogens with zero attached hydrogens (tertiary/aromatic N) is 1. The van der Waals surface area contributed by atoms with Crippen LogP contribution in [-0.2, 0) is 9.59 Å². The molecule has 1 rings (SSSR count). The van der Waals surface area contributed by atoms with E-state index in [4.69, 9.17) is 10.8 Å². The number of amides is 1. The van der Waals surface area contributed by atoms with Crippen LogP contribution in [0.3, 0.4) is 0 Å². The minimum atomic E-state index is -0.915. The highest BCUT2D eigenvalue weighted by molar-refractivity contribution is 5.88. The molecule has 0 saturated carbocycles. The first-order chi connectivity index (χ1) is 7.46. The number of carbonyl (C=O) groups excluding carboxylic acids is 1. The second kappa shape index (κ2) is 4.82. The van der Waals surface area contributed by atoms with Gasteiger partial charge in [0.1, 0.15) is 6.04 Å². The zero-order valence-electron chi connectivity index (χ0n) is 9.90. The second-order valence-corrected chi connectivity index (χ2v) is 4.61. The summed E-state index contributed by atoms with van der Waals surface area (Å²) in [5.74, 6) is -1.04. The maximum atomic E-state index is 12.2. The van der Waals surface area contributed by atoms with Gasteiger partial charge in [-0.05, 0) is 26.2 Å². The van der Waals surface area contributed by atoms with Crippen molar-refractivity contribution in [1.82, 2.24) is 4.90 Å². The average molecular weight is 228 g/mol. The van der Waals surface area contributed by atoms with Gasteiger partial charge in [0.25, 0.3) is 0 Å². The number of carboxylic acid groups (broad SMARTS) is 1. The molecule has 1 aliphatic rings. The van der Waals surface area contributed by atoms with Crippen molar-refractivity contribution in [3.63, 3.8) is 0 Å². The first-order valence-corrected chi connectivity index (χ1v) is 5.70. The van der Waals surface area contributed by atoms with E-state index in [0.717, 1.165) is 6.42 Å². The smallest absolute Gasteiger partial charge is 0.326 e. The molecule has 1 saturated heterocycles. The molecule has 0 bridgehead atoms. The molecule has 3 N–H and O–H groups in total. The Bertz CT molecular complexity index is 287. The summed E-state index contributed by atoms with van der Waals surface area (Å²) in [6.45, 7) is 4.49. The fourth-order valence-electron chi connectivity index (χ4n) is 2.00. The lowest BCUT2D eigenvalue weighted by atomic mass is 9.86. The van der Waals surface area contributed by atoms with Crippen LogP contribution >= 0.6 is 0 Å². The Kier molecular flexibility index (Phi) is 3.91. The summed E-state index contributed by atoms with van der Waals surface area (Å²) >= 11 is 0. The van der Waals surface area contributed by atoms with Crippen LogP contribution < -0.4 is 5.73 Å². The van der Waals surface area contributed by atoms with Gasteiger partial charge in [-0.25, -0.2) is 4.79 Å². The Morgan fingerprint density at radius 3 is 2.62 bits per heavy atom. The van der Waals surface area contributed by atoms with E-state index in [9.17, 15) is 9.59 Å². The molecule has 1 amide bonds. The van der Waals surface area contributed by atoms with Crippen LogP contribution in [0.15, 0.2) is 0 Å². The van der Waals surface area contributed by atoms with E-state index in [2.05, 4.69) is 0 Å². The van der Waals surface area contributed by atoms with Crippen molar-refractivity contribution >= 4 is 11.9 Å². The lowest BCUT2D eigenvalue weighted by molar-refractivity contribution is -0.152. The van der Waals surface area contributed by atoms with Crippen molar-refractivity contribution in [1.29, 1.82) is 0 Å². The van der Waals surface area contributed by atoms with Gasteiger partial charge in [-0.15, -0.1) is 0 Å². The number of carboxylic acids is 1. The normalized spacial score (nSPS) is 24.2. The van der Waals surface area contributed by atoms with Gasteiger partial charge in [0.2, 0.25) is 5.91 Å². The molecule has 0 aromatic rings. The van der Waals surface area contributed by atoms with Gasteiger partial charge in [0, 0.05) is 13.1 Å². The molecule has 1 unspecified atom stereocenters. The van der Waals surface area contributed by atoms with Crippen molar-refractivity contribution in [3.05, 3.63) is 0 Å². The van der Waals surface area contributed by atoms with Gasteiger partial charge in [-0.3, -0.25) is 4.79 Å². The molecular weight excluding hydrogens is 208 g/mol. The molecule has 5 heteroatoms. The van der Waals surface area contributed by atoms with Crippen LogP contribution in [0.5, 0.6) is 0 Å². The molecule has 0 aliphatic carbocycles. The predicted molar refractivity (Wildman–Crippen MR) is 59.8 cm³/mol.